The third-order valence-electron chi connectivity index (χ3n) is 2.85. The van der Waals surface area contributed by atoms with Crippen molar-refractivity contribution in [3.63, 3.8) is 0 Å². The Hall–Kier alpha value is -2.18. The van der Waals surface area contributed by atoms with Gasteiger partial charge in [-0.3, -0.25) is 0 Å². The summed E-state index contributed by atoms with van der Waals surface area (Å²) < 4.78 is 10.9. The second kappa shape index (κ2) is 7.56. The van der Waals surface area contributed by atoms with E-state index in [1.807, 2.05) is 24.3 Å². The summed E-state index contributed by atoms with van der Waals surface area (Å²) >= 11 is 0. The molecule has 2 N–H and O–H groups in total. The summed E-state index contributed by atoms with van der Waals surface area (Å²) in [6, 6.07) is 9.28. The van der Waals surface area contributed by atoms with Crippen LogP contribution in [0.25, 0.3) is 0 Å². The van der Waals surface area contributed by atoms with Crippen molar-refractivity contribution in [3.8, 4) is 11.6 Å². The molecule has 21 heavy (non-hydrogen) atoms. The first-order valence-corrected chi connectivity index (χ1v) is 6.68. The summed E-state index contributed by atoms with van der Waals surface area (Å²) in [6.45, 7) is 0.380. The number of anilines is 1. The molecule has 0 saturated heterocycles. The van der Waals surface area contributed by atoms with Crippen LogP contribution in [0.4, 0.5) is 5.82 Å². The number of benzene rings is 1. The molecule has 0 fully saturated rings. The molecule has 1 aromatic heterocycles. The number of hydrogen-bond donors (Lipinski definition) is 2. The van der Waals surface area contributed by atoms with Gasteiger partial charge in [-0.15, -0.1) is 0 Å². The number of hydrogen-bond acceptors (Lipinski definition) is 6. The van der Waals surface area contributed by atoms with Crippen molar-refractivity contribution >= 4 is 5.82 Å². The molecule has 0 atom stereocenters. The van der Waals surface area contributed by atoms with Crippen molar-refractivity contribution < 1.29 is 14.6 Å². The van der Waals surface area contributed by atoms with Crippen molar-refractivity contribution in [2.75, 3.05) is 26.1 Å². The second-order valence-corrected chi connectivity index (χ2v) is 4.37. The minimum absolute atomic E-state index is 0.0703. The van der Waals surface area contributed by atoms with Crippen LogP contribution in [-0.2, 0) is 17.8 Å². The zero-order chi connectivity index (χ0) is 15.1. The summed E-state index contributed by atoms with van der Waals surface area (Å²) in [5.74, 6) is 2.31. The number of methoxy groups -OCH3 is 1. The van der Waals surface area contributed by atoms with E-state index in [-0.39, 0.29) is 6.61 Å². The molecule has 0 radical (unpaired) electrons. The number of para-hydroxylation sites is 1. The fraction of sp³-hybridized carbons (Fsp3) is 0.333. The molecule has 6 heteroatoms. The van der Waals surface area contributed by atoms with Crippen molar-refractivity contribution in [2.24, 2.45) is 0 Å². The predicted octanol–water partition coefficient (Wildman–Crippen LogP) is 1.99. The van der Waals surface area contributed by atoms with Gasteiger partial charge in [0.25, 0.3) is 0 Å². The molecular weight excluding hydrogens is 270 g/mol. The van der Waals surface area contributed by atoms with Gasteiger partial charge in [-0.25, -0.2) is 4.98 Å². The first-order valence-electron chi connectivity index (χ1n) is 6.68. The molecule has 0 saturated carbocycles. The molecule has 0 unspecified atom stereocenters. The topological polar surface area (TPSA) is 76.5 Å². The van der Waals surface area contributed by atoms with Crippen LogP contribution in [0.1, 0.15) is 11.4 Å². The number of nitrogens with zero attached hydrogens (tertiary/aromatic N) is 2. The molecule has 0 amide bonds. The van der Waals surface area contributed by atoms with Gasteiger partial charge < -0.3 is 19.9 Å². The molecule has 0 bridgehead atoms. The van der Waals surface area contributed by atoms with E-state index in [0.717, 1.165) is 5.56 Å². The number of rotatable bonds is 7. The van der Waals surface area contributed by atoms with Crippen LogP contribution in [0.15, 0.2) is 30.3 Å². The van der Waals surface area contributed by atoms with E-state index in [1.54, 1.807) is 20.2 Å². The quantitative estimate of drug-likeness (QED) is 0.812. The molecule has 1 heterocycles. The second-order valence-electron chi connectivity index (χ2n) is 4.37. The Morgan fingerprint density at radius 2 is 2.05 bits per heavy atom. The van der Waals surface area contributed by atoms with Gasteiger partial charge in [0.15, 0.2) is 5.82 Å². The van der Waals surface area contributed by atoms with Crippen molar-refractivity contribution in [2.45, 2.75) is 13.0 Å². The molecule has 1 aromatic carbocycles. The van der Waals surface area contributed by atoms with Crippen LogP contribution in [0, 0.1) is 0 Å². The fourth-order valence-electron chi connectivity index (χ4n) is 1.89. The average Bonchev–Trinajstić information content (AvgIpc) is 2.49. The summed E-state index contributed by atoms with van der Waals surface area (Å²) in [6.07, 6.45) is 0.533. The number of aliphatic hydroxyl groups excluding tert-OH is 1. The number of ether oxygens (including phenoxy) is 2. The van der Waals surface area contributed by atoms with Gasteiger partial charge in [-0.05, 0) is 18.1 Å². The van der Waals surface area contributed by atoms with Gasteiger partial charge >= 0.3 is 0 Å². The lowest BCUT2D eigenvalue weighted by Crippen LogP contribution is -2.03. The Bertz CT molecular complexity index is 590. The minimum atomic E-state index is 0.0703. The summed E-state index contributed by atoms with van der Waals surface area (Å²) in [4.78, 5) is 8.58. The zero-order valence-electron chi connectivity index (χ0n) is 12.2. The van der Waals surface area contributed by atoms with E-state index in [2.05, 4.69) is 15.3 Å². The highest BCUT2D eigenvalue weighted by Gasteiger charge is 2.08. The van der Waals surface area contributed by atoms with E-state index >= 15 is 0 Å². The van der Waals surface area contributed by atoms with Gasteiger partial charge in [0, 0.05) is 26.8 Å². The van der Waals surface area contributed by atoms with Gasteiger partial charge in [0.05, 0.1) is 0 Å². The van der Waals surface area contributed by atoms with E-state index in [9.17, 15) is 0 Å². The number of aromatic nitrogens is 2. The van der Waals surface area contributed by atoms with Crippen LogP contribution in [0.5, 0.6) is 11.6 Å². The molecule has 0 spiro atoms. The maximum atomic E-state index is 9.10. The smallest absolute Gasteiger partial charge is 0.224 e. The Morgan fingerprint density at radius 1 is 1.24 bits per heavy atom. The Balaban J connectivity index is 2.28. The Labute approximate surface area is 123 Å². The molecule has 112 valence electrons. The third kappa shape index (κ3) is 4.14. The maximum absolute atomic E-state index is 9.10. The predicted molar refractivity (Wildman–Crippen MR) is 79.6 cm³/mol. The average molecular weight is 289 g/mol. The lowest BCUT2D eigenvalue weighted by atomic mass is 10.1. The monoisotopic (exact) mass is 289 g/mol. The van der Waals surface area contributed by atoms with Gasteiger partial charge in [0.1, 0.15) is 18.2 Å². The maximum Gasteiger partial charge on any atom is 0.224 e. The lowest BCUT2D eigenvalue weighted by molar-refractivity contribution is 0.177. The molecule has 0 aliphatic carbocycles. The standard InChI is InChI=1S/C15H19N3O3/c1-16-13-9-15(18-14(17-13)10-20-2)21-12-6-4-3-5-11(12)7-8-19/h3-6,9,19H,7-8,10H2,1-2H3,(H,16,17,18). The van der Waals surface area contributed by atoms with Crippen LogP contribution in [0.2, 0.25) is 0 Å². The first-order chi connectivity index (χ1) is 10.3. The van der Waals surface area contributed by atoms with E-state index in [1.165, 1.54) is 0 Å². The minimum Gasteiger partial charge on any atom is -0.439 e. The molecule has 0 aliphatic rings. The van der Waals surface area contributed by atoms with Crippen LogP contribution in [0.3, 0.4) is 0 Å². The first kappa shape index (κ1) is 15.2. The molecule has 6 nitrogen and oxygen atoms in total. The summed E-state index contributed by atoms with van der Waals surface area (Å²) in [5, 5.41) is 12.1. The van der Waals surface area contributed by atoms with Gasteiger partial charge in [0.2, 0.25) is 5.88 Å². The van der Waals surface area contributed by atoms with Crippen LogP contribution >= 0.6 is 0 Å². The van der Waals surface area contributed by atoms with E-state index in [4.69, 9.17) is 14.6 Å². The molecular formula is C15H19N3O3. The van der Waals surface area contributed by atoms with Crippen molar-refractivity contribution in [1.29, 1.82) is 0 Å². The fourth-order valence-corrected chi connectivity index (χ4v) is 1.89. The van der Waals surface area contributed by atoms with Crippen molar-refractivity contribution in [3.05, 3.63) is 41.7 Å². The van der Waals surface area contributed by atoms with Crippen molar-refractivity contribution in [1.82, 2.24) is 9.97 Å². The van der Waals surface area contributed by atoms with Gasteiger partial charge in [-0.1, -0.05) is 18.2 Å². The normalized spacial score (nSPS) is 10.4. The largest absolute Gasteiger partial charge is 0.439 e. The van der Waals surface area contributed by atoms with Crippen LogP contribution < -0.4 is 10.1 Å². The Morgan fingerprint density at radius 3 is 2.76 bits per heavy atom. The van der Waals surface area contributed by atoms with Gasteiger partial charge in [-0.2, -0.15) is 4.98 Å². The highest BCUT2D eigenvalue weighted by atomic mass is 16.5. The highest BCUT2D eigenvalue weighted by Crippen LogP contribution is 2.25. The zero-order valence-corrected chi connectivity index (χ0v) is 12.2. The number of nitrogens with one attached hydrogen (secondary N) is 1. The third-order valence-corrected chi connectivity index (χ3v) is 2.85. The molecule has 2 rings (SSSR count). The summed E-state index contributed by atoms with van der Waals surface area (Å²) in [5.41, 5.74) is 0.929. The van der Waals surface area contributed by atoms with E-state index in [0.29, 0.717) is 36.3 Å². The molecule has 0 aliphatic heterocycles. The SMILES string of the molecule is CNc1cc(Oc2ccccc2CCO)nc(COC)n1. The Kier molecular flexibility index (Phi) is 5.48. The van der Waals surface area contributed by atoms with Crippen LogP contribution in [-0.4, -0.2) is 35.8 Å². The highest BCUT2D eigenvalue weighted by molar-refractivity contribution is 5.41. The van der Waals surface area contributed by atoms with E-state index < -0.39 is 0 Å². The lowest BCUT2D eigenvalue weighted by Gasteiger charge is -2.11. The summed E-state index contributed by atoms with van der Waals surface area (Å²) in [7, 11) is 3.37. The molecule has 2 aromatic rings. The number of aliphatic hydroxyl groups is 1.